The van der Waals surface area contributed by atoms with Gasteiger partial charge in [-0.1, -0.05) is 12.8 Å². The van der Waals surface area contributed by atoms with Crippen molar-refractivity contribution in [3.63, 3.8) is 0 Å². The SMILES string of the molecule is Oc1cc(-n2ccnc2)ccc1-c1cc2c(nn1)C([C@H]1CCCC[C@H]1F)=CCO2. The molecule has 5 rings (SSSR count). The van der Waals surface area contributed by atoms with Gasteiger partial charge in [0, 0.05) is 36.0 Å². The fourth-order valence-corrected chi connectivity index (χ4v) is 4.21. The number of fused-ring (bicyclic) bond motifs is 1. The summed E-state index contributed by atoms with van der Waals surface area (Å²) in [5.74, 6) is 0.533. The molecule has 0 amide bonds. The number of hydrogen-bond acceptors (Lipinski definition) is 5. The van der Waals surface area contributed by atoms with Crippen molar-refractivity contribution in [3.05, 3.63) is 54.8 Å². The van der Waals surface area contributed by atoms with Crippen molar-refractivity contribution < 1.29 is 14.2 Å². The van der Waals surface area contributed by atoms with Gasteiger partial charge in [0.1, 0.15) is 35.7 Å². The Balaban J connectivity index is 1.48. The average molecular weight is 392 g/mol. The van der Waals surface area contributed by atoms with Gasteiger partial charge >= 0.3 is 0 Å². The van der Waals surface area contributed by atoms with Gasteiger partial charge in [-0.3, -0.25) is 0 Å². The van der Waals surface area contributed by atoms with Crippen LogP contribution in [-0.4, -0.2) is 37.6 Å². The minimum absolute atomic E-state index is 0.0909. The maximum absolute atomic E-state index is 14.5. The van der Waals surface area contributed by atoms with Crippen LogP contribution in [0.1, 0.15) is 31.4 Å². The molecule has 3 aromatic rings. The maximum atomic E-state index is 14.5. The Morgan fingerprint density at radius 1 is 1.14 bits per heavy atom. The number of ether oxygens (including phenoxy) is 1. The zero-order chi connectivity index (χ0) is 19.8. The van der Waals surface area contributed by atoms with Crippen LogP contribution in [0.25, 0.3) is 22.5 Å². The van der Waals surface area contributed by atoms with Crippen LogP contribution in [0.15, 0.2) is 49.1 Å². The molecule has 0 unspecified atom stereocenters. The lowest BCUT2D eigenvalue weighted by molar-refractivity contribution is 0.203. The monoisotopic (exact) mass is 392 g/mol. The summed E-state index contributed by atoms with van der Waals surface area (Å²) >= 11 is 0. The van der Waals surface area contributed by atoms with Gasteiger partial charge < -0.3 is 14.4 Å². The molecular formula is C22H21FN4O2. The van der Waals surface area contributed by atoms with Crippen LogP contribution < -0.4 is 4.74 Å². The number of imidazole rings is 1. The van der Waals surface area contributed by atoms with Crippen LogP contribution in [0.4, 0.5) is 4.39 Å². The summed E-state index contributed by atoms with van der Waals surface area (Å²) in [6.07, 6.45) is 9.62. The standard InChI is InChI=1S/C22H21FN4O2/c23-18-4-2-1-3-15(18)16-7-10-29-21-12-19(25-26-22(16)21)17-6-5-14(11-20(17)28)27-9-8-24-13-27/h5-9,11-13,15,18,28H,1-4,10H2/t15-,18-/m1/s1. The normalized spacial score (nSPS) is 21.2. The van der Waals surface area contributed by atoms with Crippen molar-refractivity contribution in [2.75, 3.05) is 6.61 Å². The minimum Gasteiger partial charge on any atom is -0.507 e. The molecule has 1 aliphatic carbocycles. The number of alkyl halides is 1. The molecule has 6 nitrogen and oxygen atoms in total. The van der Waals surface area contributed by atoms with Crippen LogP contribution in [0.2, 0.25) is 0 Å². The van der Waals surface area contributed by atoms with E-state index < -0.39 is 6.17 Å². The average Bonchev–Trinajstić information content (AvgIpc) is 3.28. The summed E-state index contributed by atoms with van der Waals surface area (Å²) in [6, 6.07) is 7.09. The largest absolute Gasteiger partial charge is 0.507 e. The first-order valence-electron chi connectivity index (χ1n) is 9.87. The molecule has 2 aliphatic rings. The quantitative estimate of drug-likeness (QED) is 0.718. The number of nitrogens with zero attached hydrogens (tertiary/aromatic N) is 4. The van der Waals surface area contributed by atoms with Crippen molar-refractivity contribution >= 4 is 5.57 Å². The highest BCUT2D eigenvalue weighted by Gasteiger charge is 2.32. The van der Waals surface area contributed by atoms with E-state index in [1.54, 1.807) is 41.5 Å². The molecular weight excluding hydrogens is 371 g/mol. The third-order valence-electron chi connectivity index (χ3n) is 5.72. The molecule has 1 aromatic carbocycles. The van der Waals surface area contributed by atoms with Gasteiger partial charge in [0.05, 0.1) is 12.0 Å². The molecule has 3 heterocycles. The third-order valence-corrected chi connectivity index (χ3v) is 5.72. The number of aromatic hydroxyl groups is 1. The van der Waals surface area contributed by atoms with Gasteiger partial charge in [-0.05, 0) is 36.6 Å². The summed E-state index contributed by atoms with van der Waals surface area (Å²) < 4.78 is 22.1. The van der Waals surface area contributed by atoms with Crippen LogP contribution >= 0.6 is 0 Å². The molecule has 148 valence electrons. The van der Waals surface area contributed by atoms with E-state index in [0.717, 1.165) is 30.5 Å². The lowest BCUT2D eigenvalue weighted by Gasteiger charge is -2.30. The zero-order valence-corrected chi connectivity index (χ0v) is 15.8. The molecule has 1 aliphatic heterocycles. The molecule has 0 radical (unpaired) electrons. The summed E-state index contributed by atoms with van der Waals surface area (Å²) in [6.45, 7) is 0.391. The van der Waals surface area contributed by atoms with Crippen molar-refractivity contribution in [3.8, 4) is 28.4 Å². The van der Waals surface area contributed by atoms with E-state index in [-0.39, 0.29) is 11.7 Å². The van der Waals surface area contributed by atoms with E-state index in [1.807, 2.05) is 12.1 Å². The van der Waals surface area contributed by atoms with Crippen molar-refractivity contribution in [1.82, 2.24) is 19.7 Å². The van der Waals surface area contributed by atoms with E-state index in [9.17, 15) is 9.50 Å². The van der Waals surface area contributed by atoms with Crippen molar-refractivity contribution in [1.29, 1.82) is 0 Å². The van der Waals surface area contributed by atoms with E-state index in [0.29, 0.717) is 35.7 Å². The Morgan fingerprint density at radius 2 is 2.03 bits per heavy atom. The Bertz CT molecular complexity index is 1060. The van der Waals surface area contributed by atoms with Gasteiger partial charge in [0.25, 0.3) is 0 Å². The Kier molecular flexibility index (Phi) is 4.50. The Hall–Kier alpha value is -3.22. The van der Waals surface area contributed by atoms with Crippen LogP contribution in [-0.2, 0) is 0 Å². The summed E-state index contributed by atoms with van der Waals surface area (Å²) in [5.41, 5.74) is 3.38. The molecule has 29 heavy (non-hydrogen) atoms. The maximum Gasteiger partial charge on any atom is 0.149 e. The smallest absolute Gasteiger partial charge is 0.149 e. The minimum atomic E-state index is -0.845. The fraction of sp³-hybridized carbons (Fsp3) is 0.318. The molecule has 1 N–H and O–H groups in total. The van der Waals surface area contributed by atoms with E-state index >= 15 is 0 Å². The van der Waals surface area contributed by atoms with E-state index in [1.165, 1.54) is 0 Å². The highest BCUT2D eigenvalue weighted by atomic mass is 19.1. The van der Waals surface area contributed by atoms with Crippen LogP contribution in [0.3, 0.4) is 0 Å². The topological polar surface area (TPSA) is 73.1 Å². The number of aromatic nitrogens is 4. The number of hydrogen-bond donors (Lipinski definition) is 1. The number of rotatable bonds is 3. The lowest BCUT2D eigenvalue weighted by Crippen LogP contribution is -2.24. The second-order valence-corrected chi connectivity index (χ2v) is 7.49. The number of benzene rings is 1. The Morgan fingerprint density at radius 3 is 2.83 bits per heavy atom. The van der Waals surface area contributed by atoms with Gasteiger partial charge in [0.2, 0.25) is 0 Å². The molecule has 1 fully saturated rings. The van der Waals surface area contributed by atoms with Gasteiger partial charge in [0.15, 0.2) is 0 Å². The van der Waals surface area contributed by atoms with Gasteiger partial charge in [-0.2, -0.15) is 0 Å². The summed E-state index contributed by atoms with van der Waals surface area (Å²) in [5, 5.41) is 19.2. The molecule has 0 bridgehead atoms. The molecule has 2 aromatic heterocycles. The first-order valence-corrected chi connectivity index (χ1v) is 9.87. The first-order chi connectivity index (χ1) is 14.2. The van der Waals surface area contributed by atoms with Crippen LogP contribution in [0.5, 0.6) is 11.5 Å². The zero-order valence-electron chi connectivity index (χ0n) is 15.8. The van der Waals surface area contributed by atoms with E-state index in [4.69, 9.17) is 4.74 Å². The molecule has 0 saturated heterocycles. The van der Waals surface area contributed by atoms with Crippen LogP contribution in [0, 0.1) is 5.92 Å². The second kappa shape index (κ2) is 7.31. The summed E-state index contributed by atoms with van der Waals surface area (Å²) in [7, 11) is 0. The second-order valence-electron chi connectivity index (χ2n) is 7.49. The highest BCUT2D eigenvalue weighted by Crippen LogP contribution is 2.42. The third kappa shape index (κ3) is 3.26. The molecule has 7 heteroatoms. The Labute approximate surface area is 167 Å². The predicted octanol–water partition coefficient (Wildman–Crippen LogP) is 4.34. The number of allylic oxidation sites excluding steroid dienone is 1. The number of phenols is 1. The first kappa shape index (κ1) is 17.8. The highest BCUT2D eigenvalue weighted by molar-refractivity contribution is 5.75. The summed E-state index contributed by atoms with van der Waals surface area (Å²) in [4.78, 5) is 4.02. The van der Waals surface area contributed by atoms with Gasteiger partial charge in [-0.25, -0.2) is 9.37 Å². The van der Waals surface area contributed by atoms with Gasteiger partial charge in [-0.15, -0.1) is 10.2 Å². The fourth-order valence-electron chi connectivity index (χ4n) is 4.21. The number of halogens is 1. The molecule has 1 saturated carbocycles. The lowest BCUT2D eigenvalue weighted by atomic mass is 9.80. The van der Waals surface area contributed by atoms with E-state index in [2.05, 4.69) is 15.2 Å². The number of phenolic OH excluding ortho intramolecular Hbond substituents is 1. The predicted molar refractivity (Wildman–Crippen MR) is 107 cm³/mol. The van der Waals surface area contributed by atoms with Crippen molar-refractivity contribution in [2.24, 2.45) is 5.92 Å². The molecule has 2 atom stereocenters. The van der Waals surface area contributed by atoms with Crippen molar-refractivity contribution in [2.45, 2.75) is 31.9 Å². The molecule has 0 spiro atoms.